The monoisotopic (exact) mass is 1760 g/mol. The number of ketones is 2. The molecule has 3 N–H and O–H groups in total. The number of esters is 2. The van der Waals surface area contributed by atoms with Crippen molar-refractivity contribution in [1.29, 1.82) is 0 Å². The van der Waals surface area contributed by atoms with E-state index in [-0.39, 0.29) is 150 Å². The minimum atomic E-state index is -3.85. The van der Waals surface area contributed by atoms with Gasteiger partial charge in [-0.3, -0.25) is 52.4 Å². The number of benzene rings is 2. The quantitative estimate of drug-likeness (QED) is 0.0460. The van der Waals surface area contributed by atoms with Gasteiger partial charge >= 0.3 is 63.3 Å². The number of carbonyl (C=O) groups excluding carboxylic acids is 8. The summed E-state index contributed by atoms with van der Waals surface area (Å²) in [6.07, 6.45) is 19.3. The molecule has 8 aliphatic rings. The number of hydrogen-bond donors (Lipinski definition) is 3. The number of nitrogens with one attached hydrogen (secondary N) is 2. The van der Waals surface area contributed by atoms with Crippen LogP contribution in [0.2, 0.25) is 5.28 Å². The Hall–Kier alpha value is -6.17. The number of carbonyl (C=O) groups is 8. The van der Waals surface area contributed by atoms with Crippen LogP contribution in [0.5, 0.6) is 6.01 Å². The number of allylic oxidation sites excluding steroid dienone is 4. The van der Waals surface area contributed by atoms with E-state index < -0.39 is 118 Å². The Labute approximate surface area is 754 Å². The fraction of sp³-hybridized carbons (Fsp3) is 0.628. The summed E-state index contributed by atoms with van der Waals surface area (Å²) in [5.74, 6) is -5.70. The van der Waals surface area contributed by atoms with Gasteiger partial charge in [-0.25, -0.2) is 31.8 Å². The summed E-state index contributed by atoms with van der Waals surface area (Å²) < 4.78 is 77.2. The van der Waals surface area contributed by atoms with Crippen molar-refractivity contribution < 1.29 is 131 Å². The number of Topliss-reactive ketones (excluding diaryl/α,β-unsaturated/α-hetero) is 2. The molecule has 4 aromatic heterocycles. The third kappa shape index (κ3) is 24.7. The molecule has 4 aliphatic carbocycles. The number of aromatic nitrogens is 6. The Morgan fingerprint density at radius 1 is 0.605 bits per heavy atom. The van der Waals surface area contributed by atoms with E-state index in [1.807, 2.05) is 94.4 Å². The number of thiazole rings is 2. The van der Waals surface area contributed by atoms with Gasteiger partial charge in [0.05, 0.1) is 69.9 Å². The zero-order valence-electron chi connectivity index (χ0n) is 71.0. The number of aliphatic hydroxyl groups excluding tert-OH is 1. The Kier molecular flexibility index (Phi) is 31.4. The van der Waals surface area contributed by atoms with Gasteiger partial charge in [0.1, 0.15) is 38.4 Å². The molecule has 4 saturated carbocycles. The largest absolute Gasteiger partial charge is 1.00 e. The molecular formula is C86H116ClKN10O17S4. The maximum Gasteiger partial charge on any atom is 1.00 e. The summed E-state index contributed by atoms with van der Waals surface area (Å²) in [6.45, 7) is 23.8. The second kappa shape index (κ2) is 39.4. The maximum atomic E-state index is 14.7. The van der Waals surface area contributed by atoms with Crippen molar-refractivity contribution in [2.24, 2.45) is 34.5 Å². The second-order valence-corrected chi connectivity index (χ2v) is 42.4. The topological polar surface area (TPSA) is 368 Å². The molecule has 0 unspecified atom stereocenters. The molecule has 0 spiro atoms. The summed E-state index contributed by atoms with van der Waals surface area (Å²) >= 11 is 9.35. The number of amides is 4. The smallest absolute Gasteiger partial charge is 0.850 e. The van der Waals surface area contributed by atoms with Gasteiger partial charge in [0.15, 0.2) is 11.6 Å². The van der Waals surface area contributed by atoms with E-state index in [1.165, 1.54) is 21.1 Å². The van der Waals surface area contributed by atoms with Crippen molar-refractivity contribution in [1.82, 2.24) is 48.3 Å². The van der Waals surface area contributed by atoms with Gasteiger partial charge in [-0.2, -0.15) is 4.98 Å². The Bertz CT molecular complexity index is 4940. The Balaban J connectivity index is 0.000000203. The fourth-order valence-corrected chi connectivity index (χ4v) is 20.7. The van der Waals surface area contributed by atoms with Gasteiger partial charge in [0.25, 0.3) is 6.01 Å². The van der Waals surface area contributed by atoms with Gasteiger partial charge in [0, 0.05) is 90.4 Å². The third-order valence-corrected chi connectivity index (χ3v) is 27.9. The van der Waals surface area contributed by atoms with Crippen molar-refractivity contribution in [2.75, 3.05) is 13.1 Å². The summed E-state index contributed by atoms with van der Waals surface area (Å²) in [6, 6.07) is 10.7. The van der Waals surface area contributed by atoms with Gasteiger partial charge in [-0.15, -0.1) is 28.3 Å². The summed E-state index contributed by atoms with van der Waals surface area (Å²) in [5, 5.41) is 25.6. The van der Waals surface area contributed by atoms with Crippen molar-refractivity contribution in [3.05, 3.63) is 89.1 Å². The van der Waals surface area contributed by atoms with Crippen LogP contribution >= 0.6 is 34.3 Å². The molecule has 0 radical (unpaired) electrons. The standard InChI is InChI=1S/C41H53N5O8S2.C28H42N2O8S.C13H12ClN3S.C4H9O.K/c1-25(2)46-31-15-11-14-30(36-42-18-19-55-36)35(31)43-39(46)53-28-21-32-33(47)23-41(38(50)44-56(51,52)29-16-17-29)22-27(41)13-10-8-6-7-9-12-26(37(49)45(32)24-28)20-34(48)54-40(3,4)5;1-27(2,3)38-24(33)13-18-9-7-5-4-6-8-10-19-15-28(19,26(35)29-39(36,37)21-11-12-21)16-23(32)22-14-20(31)17-30(22)25(18)34;1-8(2)17-10-5-3-4-9(11(10)16-13(17)14)12-15-6-7-18-12;1-4(2,3)5;/h10-11,13-15,18-19,25-29,32H,6-9,12,16-17,20-24H2,1-5H3,(H,44,50);8,10,18-22,31H,4-7,9,11-17H2,1-3H3,(H,29,35);3-8H,1-2H3;1-3H3;/q;;;-1;+1/b13-10-;10-8-;;;/t26-,27-,28-,32+,41-;18-,19-,20-,22+,28-;;;/m11.../s1. The molecule has 2 aromatic carbocycles. The molecule has 644 valence electrons. The number of aliphatic hydroxyl groups is 1. The first-order valence-corrected chi connectivity index (χ1v) is 46.8. The summed E-state index contributed by atoms with van der Waals surface area (Å²) in [5.41, 5.74) is 0.880. The number of hydrogen-bond acceptors (Lipinski definition) is 23. The fourth-order valence-electron chi connectivity index (χ4n) is 16.2. The molecular weight excluding hydrogens is 1650 g/mol. The normalized spacial score (nSPS) is 25.8. The first-order chi connectivity index (χ1) is 55.5. The first-order valence-electron chi connectivity index (χ1n) is 41.5. The van der Waals surface area contributed by atoms with E-state index in [4.69, 9.17) is 30.8 Å². The van der Waals surface area contributed by atoms with Crippen LogP contribution < -0.4 is 70.7 Å². The first kappa shape index (κ1) is 95.1. The number of para-hydroxylation sites is 2. The molecule has 6 fully saturated rings. The van der Waals surface area contributed by atoms with Crippen LogP contribution in [0, 0.1) is 34.5 Å². The van der Waals surface area contributed by atoms with Gasteiger partial charge in [-0.05, 0) is 194 Å². The van der Waals surface area contributed by atoms with Crippen LogP contribution in [-0.2, 0) is 67.9 Å². The van der Waals surface area contributed by atoms with Crippen molar-refractivity contribution >= 4 is 124 Å². The van der Waals surface area contributed by atoms with Crippen LogP contribution in [0.3, 0.4) is 0 Å². The van der Waals surface area contributed by atoms with Crippen molar-refractivity contribution in [2.45, 2.75) is 295 Å². The number of sulfonamides is 2. The number of halogens is 1. The average molecular weight is 1760 g/mol. The summed E-state index contributed by atoms with van der Waals surface area (Å²) in [7, 11) is -7.63. The van der Waals surface area contributed by atoms with Crippen LogP contribution in [0.15, 0.2) is 83.9 Å². The number of nitrogens with zero attached hydrogens (tertiary/aromatic N) is 8. The second-order valence-electron chi connectivity index (χ2n) is 36.4. The number of imidazole rings is 2. The molecule has 4 aliphatic heterocycles. The summed E-state index contributed by atoms with van der Waals surface area (Å²) in [4.78, 5) is 131. The van der Waals surface area contributed by atoms with Crippen LogP contribution in [-0.4, -0.2) is 173 Å². The Morgan fingerprint density at radius 2 is 1.03 bits per heavy atom. The molecule has 6 aromatic rings. The molecule has 33 heteroatoms. The van der Waals surface area contributed by atoms with E-state index >= 15 is 0 Å². The molecule has 0 bridgehead atoms. The van der Waals surface area contributed by atoms with E-state index in [0.717, 1.165) is 88.2 Å². The molecule has 14 rings (SSSR count). The molecule has 119 heavy (non-hydrogen) atoms. The predicted octanol–water partition coefficient (Wildman–Crippen LogP) is 10.5. The van der Waals surface area contributed by atoms with E-state index in [2.05, 4.69) is 38.2 Å². The third-order valence-electron chi connectivity index (χ3n) is 22.3. The number of ether oxygens (including phenoxy) is 3. The predicted molar refractivity (Wildman–Crippen MR) is 451 cm³/mol. The zero-order valence-corrected chi connectivity index (χ0v) is 78.2. The minimum Gasteiger partial charge on any atom is -0.850 e. The van der Waals surface area contributed by atoms with Gasteiger partial charge in [-0.1, -0.05) is 82.9 Å². The molecule has 4 amide bonds. The number of rotatable bonds is 16. The van der Waals surface area contributed by atoms with Crippen LogP contribution in [0.1, 0.15) is 243 Å². The Morgan fingerprint density at radius 3 is 1.44 bits per heavy atom. The number of fused-ring (bicyclic) bond motifs is 6. The molecule has 2 saturated heterocycles. The van der Waals surface area contributed by atoms with E-state index in [1.54, 1.807) is 86.0 Å². The van der Waals surface area contributed by atoms with Gasteiger partial charge < -0.3 is 38.8 Å². The van der Waals surface area contributed by atoms with Gasteiger partial charge in [0.2, 0.25) is 49.0 Å². The van der Waals surface area contributed by atoms with E-state index in [9.17, 15) is 65.4 Å². The maximum absolute atomic E-state index is 14.7. The zero-order chi connectivity index (χ0) is 85.8. The molecule has 10 atom stereocenters. The van der Waals surface area contributed by atoms with Crippen molar-refractivity contribution in [3.8, 4) is 27.2 Å². The van der Waals surface area contributed by atoms with E-state index in [0.29, 0.717) is 69.1 Å². The molecule has 8 heterocycles. The van der Waals surface area contributed by atoms with Crippen LogP contribution in [0.4, 0.5) is 0 Å². The SMILES string of the molecule is CC(C)(C)OC(=O)C[C@H]1CCCCC/C=C\[C@@H]2C[C@@]2(C(=O)NS(=O)(=O)C2CC2)CC(=O)[C@@H]2C[C@@H](O)CN2C1=O.CC(C)(C)[O-].CC(C)n1c(Cl)nc2c(-c3nccs3)cccc21.CC(C)n1c(O[C@@H]2C[C@H]3C(=O)C[C@]4(C(=O)NS(=O)(=O)C5CC5)C[C@H]4/C=C\CCCCC[C@H](CC(=O)OC(C)(C)C)C(=O)N3C2)nc2c(-c3nccs3)cccc21.[K+]. The average Bonchev–Trinajstić information content (AvgIpc) is 1.57. The van der Waals surface area contributed by atoms with Crippen molar-refractivity contribution in [3.63, 3.8) is 0 Å². The van der Waals surface area contributed by atoms with Crippen LogP contribution in [0.25, 0.3) is 43.2 Å². The minimum absolute atomic E-state index is 0. The molecule has 27 nitrogen and oxygen atoms in total.